The molecular weight excluding hydrogens is 1050 g/mol. The summed E-state index contributed by atoms with van der Waals surface area (Å²) in [7, 11) is 4.52. The van der Waals surface area contributed by atoms with E-state index in [0.717, 1.165) is 17.6 Å². The van der Waals surface area contributed by atoms with Crippen molar-refractivity contribution in [2.75, 3.05) is 21.3 Å². The number of methoxy groups -OCH3 is 3. The van der Waals surface area contributed by atoms with Crippen molar-refractivity contribution in [3.63, 3.8) is 0 Å². The van der Waals surface area contributed by atoms with Crippen LogP contribution in [0.15, 0.2) is 143 Å². The molecule has 2 rings (SSSR count). The summed E-state index contributed by atoms with van der Waals surface area (Å²) in [5.74, 6) is -1.76. The summed E-state index contributed by atoms with van der Waals surface area (Å²) < 4.78 is 32.2. The predicted molar refractivity (Wildman–Crippen MR) is 323 cm³/mol. The number of nitrogens with one attached hydrogen (secondary N) is 4. The van der Waals surface area contributed by atoms with Gasteiger partial charge in [0.2, 0.25) is 23.6 Å². The molecule has 0 aliphatic carbocycles. The van der Waals surface area contributed by atoms with Gasteiger partial charge in [0, 0.05) is 49.0 Å². The Morgan fingerprint density at radius 2 is 1.02 bits per heavy atom. The van der Waals surface area contributed by atoms with E-state index in [1.807, 2.05) is 146 Å². The number of amides is 4. The van der Waals surface area contributed by atoms with E-state index < -0.39 is 34.9 Å². The fourth-order valence-electron chi connectivity index (χ4n) is 8.02. The number of hydrogen-bond donors (Lipinski definition) is 4. The molecule has 2 aliphatic heterocycles. The van der Waals surface area contributed by atoms with Crippen LogP contribution in [-0.4, -0.2) is 99.5 Å². The largest absolute Gasteiger partial charge is 0.490 e. The molecular formula is C64H95ClN4O12. The molecule has 0 spiro atoms. The van der Waals surface area contributed by atoms with Gasteiger partial charge in [-0.1, -0.05) is 157 Å². The lowest BCUT2D eigenvalue weighted by atomic mass is 9.86. The third kappa shape index (κ3) is 30.8. The van der Waals surface area contributed by atoms with Gasteiger partial charge < -0.3 is 49.7 Å². The van der Waals surface area contributed by atoms with Crippen molar-refractivity contribution in [3.8, 4) is 0 Å². The molecule has 8 atom stereocenters. The molecule has 17 heteroatoms. The van der Waals surface area contributed by atoms with E-state index >= 15 is 0 Å². The highest BCUT2D eigenvalue weighted by Gasteiger charge is 2.33. The van der Waals surface area contributed by atoms with Crippen molar-refractivity contribution in [2.24, 2.45) is 22.7 Å². The second kappa shape index (κ2) is 38.3. The van der Waals surface area contributed by atoms with E-state index in [-0.39, 0.29) is 77.5 Å². The summed E-state index contributed by atoms with van der Waals surface area (Å²) in [6.07, 6.45) is 37.1. The summed E-state index contributed by atoms with van der Waals surface area (Å²) in [5, 5.41) is 11.9. The third-order valence-electron chi connectivity index (χ3n) is 12.5. The maximum Gasteiger partial charge on any atom is 0.373 e. The van der Waals surface area contributed by atoms with E-state index in [1.54, 1.807) is 56.0 Å². The average Bonchev–Trinajstić information content (AvgIpc) is 3.39. The van der Waals surface area contributed by atoms with Gasteiger partial charge >= 0.3 is 11.9 Å². The number of allylic oxidation sites excluding steroid dienone is 10. The number of ether oxygens (including phenoxy) is 6. The Labute approximate surface area is 489 Å². The highest BCUT2D eigenvalue weighted by Crippen LogP contribution is 2.25. The van der Waals surface area contributed by atoms with Crippen molar-refractivity contribution in [1.29, 1.82) is 0 Å². The van der Waals surface area contributed by atoms with Gasteiger partial charge in [0.1, 0.15) is 24.3 Å². The minimum absolute atomic E-state index is 0.00250. The molecule has 0 fully saturated rings. The van der Waals surface area contributed by atoms with Crippen molar-refractivity contribution >= 4 is 47.2 Å². The fraction of sp³-hybridized carbons (Fsp3) is 0.531. The zero-order valence-electron chi connectivity index (χ0n) is 51.2. The molecule has 0 radical (unpaired) electrons. The van der Waals surface area contributed by atoms with Gasteiger partial charge in [-0.3, -0.25) is 19.2 Å². The highest BCUT2D eigenvalue weighted by atomic mass is 35.5. The van der Waals surface area contributed by atoms with Gasteiger partial charge in [0.25, 0.3) is 0 Å². The molecule has 4 N–H and O–H groups in total. The molecule has 0 aromatic carbocycles. The van der Waals surface area contributed by atoms with Crippen molar-refractivity contribution in [1.82, 2.24) is 21.3 Å². The molecule has 0 unspecified atom stereocenters. The number of rotatable bonds is 29. The van der Waals surface area contributed by atoms with Crippen LogP contribution < -0.4 is 21.3 Å². The molecule has 4 amide bonds. The summed E-state index contributed by atoms with van der Waals surface area (Å²) >= 11 is 5.88. The van der Waals surface area contributed by atoms with Crippen LogP contribution in [0.1, 0.15) is 135 Å². The first-order valence-corrected chi connectivity index (χ1v) is 28.0. The van der Waals surface area contributed by atoms with Crippen LogP contribution in [0.25, 0.3) is 0 Å². The van der Waals surface area contributed by atoms with Gasteiger partial charge in [-0.15, -0.1) is 0 Å². The quantitative estimate of drug-likeness (QED) is 0.0239. The first-order chi connectivity index (χ1) is 38.1. The number of cyclic esters (lactones) is 2. The molecule has 2 heterocycles. The molecule has 16 nitrogen and oxygen atoms in total. The lowest BCUT2D eigenvalue weighted by Gasteiger charge is -2.29. The number of halogens is 1. The zero-order valence-corrected chi connectivity index (χ0v) is 51.9. The maximum atomic E-state index is 12.9. The number of hydrogen-bond acceptors (Lipinski definition) is 12. The molecule has 0 aromatic rings. The zero-order chi connectivity index (χ0) is 61.3. The van der Waals surface area contributed by atoms with Gasteiger partial charge in [0.15, 0.2) is 11.5 Å². The molecule has 2 aliphatic rings. The van der Waals surface area contributed by atoms with E-state index in [1.165, 1.54) is 26.4 Å². The number of carbonyl (C=O) groups is 6. The second-order valence-electron chi connectivity index (χ2n) is 22.3. The Hall–Kier alpha value is -6.49. The predicted octanol–water partition coefficient (Wildman–Crippen LogP) is 11.5. The van der Waals surface area contributed by atoms with Gasteiger partial charge in [-0.2, -0.15) is 0 Å². The SMILES string of the molecule is C/C=C\C[C@@H](C/C=C\NC(=O)[C@@H](NC(=O)\C=C/C=C\C(C)=C\[C@H](C)[C@@H]1CC=C(OC)C(=O)O1)C(C)(C)C)OC(C)C.COC1=CC[C@@H]([C@@H](C)/C=C(C)/C=C\C=C/C(=O)N[C@H](C(=O)N/C=C\C[C@H](C/C=C(\C)Cl)OC)C(C)(C)C)OC1=O. The third-order valence-corrected chi connectivity index (χ3v) is 12.7. The molecule has 0 saturated heterocycles. The van der Waals surface area contributed by atoms with E-state index in [4.69, 9.17) is 40.0 Å². The first-order valence-electron chi connectivity index (χ1n) is 27.7. The minimum Gasteiger partial charge on any atom is -0.490 e. The monoisotopic (exact) mass is 1150 g/mol. The Kier molecular flexibility index (Phi) is 34.3. The summed E-state index contributed by atoms with van der Waals surface area (Å²) in [5.41, 5.74) is 0.916. The smallest absolute Gasteiger partial charge is 0.373 e. The standard InChI is InChI=1S/C33H50N2O6.C31H45ClN2O6/c1-10-11-16-26(40-23(2)3)17-14-21-34-31(37)30(33(6,7)8)35-29(36)18-13-12-15-24(4)22-25(5)27-19-20-28(39-9)32(38)41-27;1-21(20-22(2)25-17-18-26(39-8)30(37)40-25)12-9-10-14-27(35)34-28(31(4,5)6)29(36)33-19-11-13-24(38-7)16-15-23(3)32/h10-15,18,20-23,25-27,30H,16-17,19H2,1-9H3,(H,34,37)(H,35,36);9-12,14-15,18-20,22,24-25,28H,13,16-17H2,1-8H3,(H,33,36)(H,34,35)/b11-10-,15-12-,18-13-,21-14-,24-22+;12-9-,14-10-,19-11-,21-20+,23-15+/t25-,26-,27-,30+;22-,24+,25-,28+/m00/s1. The molecule has 450 valence electrons. The summed E-state index contributed by atoms with van der Waals surface area (Å²) in [4.78, 5) is 74.7. The normalized spacial score (nSPS) is 19.2. The van der Waals surface area contributed by atoms with Crippen LogP contribution >= 0.6 is 11.6 Å². The Morgan fingerprint density at radius 3 is 1.37 bits per heavy atom. The first kappa shape index (κ1) is 72.5. The lowest BCUT2D eigenvalue weighted by Crippen LogP contribution is -2.52. The molecule has 0 bridgehead atoms. The summed E-state index contributed by atoms with van der Waals surface area (Å²) in [6.45, 7) is 27.0. The van der Waals surface area contributed by atoms with Gasteiger partial charge in [0.05, 0.1) is 32.5 Å². The number of esters is 2. The fourth-order valence-corrected chi connectivity index (χ4v) is 8.10. The van der Waals surface area contributed by atoms with E-state index in [2.05, 4.69) is 27.3 Å². The van der Waals surface area contributed by atoms with Crippen molar-refractivity contribution in [2.45, 2.75) is 178 Å². The van der Waals surface area contributed by atoms with Crippen LogP contribution in [0.3, 0.4) is 0 Å². The molecule has 81 heavy (non-hydrogen) atoms. The van der Waals surface area contributed by atoms with Crippen LogP contribution in [0, 0.1) is 22.7 Å². The molecule has 0 aromatic heterocycles. The molecule has 0 saturated carbocycles. The Balaban J connectivity index is 0.000000810. The van der Waals surface area contributed by atoms with Gasteiger partial charge in [-0.05, 0) is 103 Å². The van der Waals surface area contributed by atoms with Crippen molar-refractivity contribution in [3.05, 3.63) is 143 Å². The highest BCUT2D eigenvalue weighted by molar-refractivity contribution is 6.29. The van der Waals surface area contributed by atoms with E-state index in [9.17, 15) is 28.8 Å². The second-order valence-corrected chi connectivity index (χ2v) is 22.9. The van der Waals surface area contributed by atoms with Crippen LogP contribution in [0.5, 0.6) is 0 Å². The number of carbonyl (C=O) groups excluding carboxylic acids is 6. The maximum absolute atomic E-state index is 12.9. The van der Waals surface area contributed by atoms with Crippen molar-refractivity contribution < 1.29 is 57.2 Å². The van der Waals surface area contributed by atoms with Crippen LogP contribution in [0.2, 0.25) is 0 Å². The van der Waals surface area contributed by atoms with Crippen LogP contribution in [0.4, 0.5) is 0 Å². The van der Waals surface area contributed by atoms with Gasteiger partial charge in [-0.25, -0.2) is 9.59 Å². The lowest BCUT2D eigenvalue weighted by molar-refractivity contribution is -0.152. The minimum atomic E-state index is -0.744. The topological polar surface area (TPSA) is 206 Å². The van der Waals surface area contributed by atoms with E-state index in [0.29, 0.717) is 37.1 Å². The Bertz CT molecular complexity index is 2420. The summed E-state index contributed by atoms with van der Waals surface area (Å²) in [6, 6.07) is -1.47. The Morgan fingerprint density at radius 1 is 0.630 bits per heavy atom. The van der Waals surface area contributed by atoms with Crippen LogP contribution in [-0.2, 0) is 57.2 Å². The average molecular weight is 1150 g/mol.